The standard InChI is InChI=1S/C21H25N3O2/c1-16-3-5-17(6-4-16)9-12-20(25)23-13-2-14-24-21(26)19-10-7-18(15-22)8-11-19/h3-12H,2,13-15,22H2,1H3,(H,23,25)(H,24,26)/b12-9+. The molecule has 0 aliphatic heterocycles. The fourth-order valence-corrected chi connectivity index (χ4v) is 2.30. The Morgan fingerprint density at radius 2 is 1.62 bits per heavy atom. The lowest BCUT2D eigenvalue weighted by Crippen LogP contribution is -2.29. The number of carbonyl (C=O) groups excluding carboxylic acids is 2. The van der Waals surface area contributed by atoms with Gasteiger partial charge < -0.3 is 16.4 Å². The summed E-state index contributed by atoms with van der Waals surface area (Å²) in [7, 11) is 0. The van der Waals surface area contributed by atoms with Crippen LogP contribution < -0.4 is 16.4 Å². The average molecular weight is 351 g/mol. The van der Waals surface area contributed by atoms with E-state index in [1.165, 1.54) is 11.6 Å². The summed E-state index contributed by atoms with van der Waals surface area (Å²) in [5, 5.41) is 5.64. The van der Waals surface area contributed by atoms with Gasteiger partial charge >= 0.3 is 0 Å². The topological polar surface area (TPSA) is 84.2 Å². The molecule has 0 fully saturated rings. The van der Waals surface area contributed by atoms with Crippen molar-refractivity contribution in [2.45, 2.75) is 19.9 Å². The van der Waals surface area contributed by atoms with Gasteiger partial charge in [0.25, 0.3) is 5.91 Å². The molecule has 2 aromatic rings. The van der Waals surface area contributed by atoms with Crippen LogP contribution in [-0.2, 0) is 11.3 Å². The van der Waals surface area contributed by atoms with Gasteiger partial charge in [-0.05, 0) is 42.7 Å². The van der Waals surface area contributed by atoms with E-state index in [1.807, 2.05) is 43.3 Å². The molecule has 2 rings (SSSR count). The Hall–Kier alpha value is -2.92. The third-order valence-corrected chi connectivity index (χ3v) is 3.89. The smallest absolute Gasteiger partial charge is 0.251 e. The van der Waals surface area contributed by atoms with Crippen LogP contribution in [0.2, 0.25) is 0 Å². The summed E-state index contributed by atoms with van der Waals surface area (Å²) < 4.78 is 0. The number of benzene rings is 2. The molecule has 5 heteroatoms. The van der Waals surface area contributed by atoms with Gasteiger partial charge in [-0.3, -0.25) is 9.59 Å². The highest BCUT2D eigenvalue weighted by Gasteiger charge is 2.04. The lowest BCUT2D eigenvalue weighted by Gasteiger charge is -2.06. The van der Waals surface area contributed by atoms with Gasteiger partial charge in [0.1, 0.15) is 0 Å². The third-order valence-electron chi connectivity index (χ3n) is 3.89. The average Bonchev–Trinajstić information content (AvgIpc) is 2.67. The third kappa shape index (κ3) is 6.53. The van der Waals surface area contributed by atoms with Crippen LogP contribution in [0, 0.1) is 6.92 Å². The Balaban J connectivity index is 1.64. The van der Waals surface area contributed by atoms with Crippen LogP contribution in [0.1, 0.15) is 33.5 Å². The Morgan fingerprint density at radius 3 is 2.27 bits per heavy atom. The molecule has 4 N–H and O–H groups in total. The van der Waals surface area contributed by atoms with Gasteiger partial charge in [-0.15, -0.1) is 0 Å². The van der Waals surface area contributed by atoms with Gasteiger partial charge in [0.2, 0.25) is 5.91 Å². The first-order chi connectivity index (χ1) is 12.6. The van der Waals surface area contributed by atoms with Crippen LogP contribution in [0.25, 0.3) is 6.08 Å². The molecule has 26 heavy (non-hydrogen) atoms. The van der Waals surface area contributed by atoms with Crippen molar-refractivity contribution in [1.29, 1.82) is 0 Å². The van der Waals surface area contributed by atoms with Gasteiger partial charge in [0, 0.05) is 31.3 Å². The molecule has 0 bridgehead atoms. The first-order valence-electron chi connectivity index (χ1n) is 8.68. The predicted molar refractivity (Wildman–Crippen MR) is 105 cm³/mol. The molecule has 0 radical (unpaired) electrons. The van der Waals surface area contributed by atoms with E-state index in [1.54, 1.807) is 18.2 Å². The van der Waals surface area contributed by atoms with E-state index in [-0.39, 0.29) is 11.8 Å². The van der Waals surface area contributed by atoms with E-state index < -0.39 is 0 Å². The minimum absolute atomic E-state index is 0.126. The van der Waals surface area contributed by atoms with E-state index in [0.29, 0.717) is 31.6 Å². The Labute approximate surface area is 154 Å². The molecule has 0 aliphatic rings. The number of amides is 2. The molecule has 2 aromatic carbocycles. The zero-order chi connectivity index (χ0) is 18.8. The zero-order valence-corrected chi connectivity index (χ0v) is 15.0. The summed E-state index contributed by atoms with van der Waals surface area (Å²) in [6, 6.07) is 15.1. The van der Waals surface area contributed by atoms with Crippen molar-refractivity contribution in [2.75, 3.05) is 13.1 Å². The van der Waals surface area contributed by atoms with Crippen molar-refractivity contribution < 1.29 is 9.59 Å². The van der Waals surface area contributed by atoms with E-state index in [9.17, 15) is 9.59 Å². The number of aryl methyl sites for hydroxylation is 1. The van der Waals surface area contributed by atoms with Gasteiger partial charge in [-0.2, -0.15) is 0 Å². The maximum Gasteiger partial charge on any atom is 0.251 e. The van der Waals surface area contributed by atoms with Crippen molar-refractivity contribution in [3.63, 3.8) is 0 Å². The minimum Gasteiger partial charge on any atom is -0.352 e. The highest BCUT2D eigenvalue weighted by molar-refractivity contribution is 5.94. The number of nitrogens with one attached hydrogen (secondary N) is 2. The molecular weight excluding hydrogens is 326 g/mol. The Bertz CT molecular complexity index is 750. The van der Waals surface area contributed by atoms with Crippen molar-refractivity contribution in [3.05, 3.63) is 76.9 Å². The number of rotatable bonds is 8. The number of nitrogens with two attached hydrogens (primary N) is 1. The number of hydrogen-bond acceptors (Lipinski definition) is 3. The molecule has 0 saturated heterocycles. The molecule has 0 unspecified atom stereocenters. The van der Waals surface area contributed by atoms with Crippen LogP contribution in [0.3, 0.4) is 0 Å². The molecule has 0 aromatic heterocycles. The molecule has 2 amide bonds. The van der Waals surface area contributed by atoms with Crippen LogP contribution in [0.5, 0.6) is 0 Å². The second-order valence-electron chi connectivity index (χ2n) is 6.05. The van der Waals surface area contributed by atoms with Gasteiger partial charge in [-0.25, -0.2) is 0 Å². The van der Waals surface area contributed by atoms with Crippen LogP contribution in [0.4, 0.5) is 0 Å². The normalized spacial score (nSPS) is 10.7. The van der Waals surface area contributed by atoms with Crippen molar-refractivity contribution in [2.24, 2.45) is 5.73 Å². The van der Waals surface area contributed by atoms with Crippen molar-refractivity contribution >= 4 is 17.9 Å². The molecule has 0 saturated carbocycles. The van der Waals surface area contributed by atoms with Gasteiger partial charge in [0.15, 0.2) is 0 Å². The van der Waals surface area contributed by atoms with Crippen LogP contribution in [0.15, 0.2) is 54.6 Å². The molecule has 0 aliphatic carbocycles. The first-order valence-corrected chi connectivity index (χ1v) is 8.68. The molecule has 0 heterocycles. The summed E-state index contributed by atoms with van der Waals surface area (Å²) in [4.78, 5) is 23.8. The largest absolute Gasteiger partial charge is 0.352 e. The maximum absolute atomic E-state index is 12.0. The number of carbonyl (C=O) groups is 2. The van der Waals surface area contributed by atoms with Gasteiger partial charge in [-0.1, -0.05) is 42.0 Å². The molecule has 5 nitrogen and oxygen atoms in total. The van der Waals surface area contributed by atoms with Crippen molar-refractivity contribution in [3.8, 4) is 0 Å². The maximum atomic E-state index is 12.0. The van der Waals surface area contributed by atoms with E-state index in [4.69, 9.17) is 5.73 Å². The first kappa shape index (κ1) is 19.4. The lowest BCUT2D eigenvalue weighted by atomic mass is 10.1. The highest BCUT2D eigenvalue weighted by atomic mass is 16.2. The fourth-order valence-electron chi connectivity index (χ4n) is 2.30. The summed E-state index contributed by atoms with van der Waals surface area (Å²) >= 11 is 0. The molecule has 0 spiro atoms. The minimum atomic E-state index is -0.144. The fraction of sp³-hybridized carbons (Fsp3) is 0.238. The quantitative estimate of drug-likeness (QED) is 0.504. The Morgan fingerprint density at radius 1 is 0.962 bits per heavy atom. The predicted octanol–water partition coefficient (Wildman–Crippen LogP) is 2.40. The second-order valence-corrected chi connectivity index (χ2v) is 6.05. The Kier molecular flexibility index (Phi) is 7.58. The summed E-state index contributed by atoms with van der Waals surface area (Å²) in [5.41, 5.74) is 9.30. The van der Waals surface area contributed by atoms with E-state index in [0.717, 1.165) is 11.1 Å². The monoisotopic (exact) mass is 351 g/mol. The zero-order valence-electron chi connectivity index (χ0n) is 15.0. The second kappa shape index (κ2) is 10.2. The SMILES string of the molecule is Cc1ccc(/C=C/C(=O)NCCCNC(=O)c2ccc(CN)cc2)cc1. The molecular formula is C21H25N3O2. The van der Waals surface area contributed by atoms with E-state index in [2.05, 4.69) is 10.6 Å². The van der Waals surface area contributed by atoms with Crippen molar-refractivity contribution in [1.82, 2.24) is 10.6 Å². The summed E-state index contributed by atoms with van der Waals surface area (Å²) in [6.45, 7) is 3.48. The summed E-state index contributed by atoms with van der Waals surface area (Å²) in [6.07, 6.45) is 3.96. The van der Waals surface area contributed by atoms with Crippen LogP contribution in [-0.4, -0.2) is 24.9 Å². The van der Waals surface area contributed by atoms with E-state index >= 15 is 0 Å². The lowest BCUT2D eigenvalue weighted by molar-refractivity contribution is -0.116. The molecule has 0 atom stereocenters. The molecule has 136 valence electrons. The van der Waals surface area contributed by atoms with Gasteiger partial charge in [0.05, 0.1) is 0 Å². The van der Waals surface area contributed by atoms with Crippen LogP contribution >= 0.6 is 0 Å². The highest BCUT2D eigenvalue weighted by Crippen LogP contribution is 2.05. The number of hydrogen-bond donors (Lipinski definition) is 3. The summed E-state index contributed by atoms with van der Waals surface area (Å²) in [5.74, 6) is -0.270.